The molecule has 0 aliphatic carbocycles. The van der Waals surface area contributed by atoms with Gasteiger partial charge in [0, 0.05) is 16.8 Å². The van der Waals surface area contributed by atoms with Gasteiger partial charge in [-0.15, -0.1) is 0 Å². The Bertz CT molecular complexity index is 683. The second kappa shape index (κ2) is 5.31. The third kappa shape index (κ3) is 2.86. The van der Waals surface area contributed by atoms with E-state index >= 15 is 0 Å². The van der Waals surface area contributed by atoms with Gasteiger partial charge in [-0.25, -0.2) is 0 Å². The van der Waals surface area contributed by atoms with Crippen molar-refractivity contribution in [3.63, 3.8) is 0 Å². The van der Waals surface area contributed by atoms with Crippen LogP contribution in [0.5, 0.6) is 11.5 Å². The van der Waals surface area contributed by atoms with E-state index in [0.717, 1.165) is 6.07 Å². The number of nitrogens with one attached hydrogen (secondary N) is 1. The van der Waals surface area contributed by atoms with Gasteiger partial charge >= 0.3 is 0 Å². The largest absolute Gasteiger partial charge is 0.504 e. The van der Waals surface area contributed by atoms with Crippen LogP contribution in [-0.4, -0.2) is 22.0 Å². The van der Waals surface area contributed by atoms with Gasteiger partial charge in [0.05, 0.1) is 0 Å². The van der Waals surface area contributed by atoms with Crippen LogP contribution in [0.15, 0.2) is 42.5 Å². The number of rotatable bonds is 3. The van der Waals surface area contributed by atoms with Crippen molar-refractivity contribution in [1.82, 2.24) is 0 Å². The van der Waals surface area contributed by atoms with Crippen LogP contribution in [0.25, 0.3) is 0 Å². The molecule has 0 saturated carbocycles. The molecule has 0 saturated heterocycles. The Balaban J connectivity index is 2.21. The fourth-order valence-electron chi connectivity index (χ4n) is 1.62. The van der Waals surface area contributed by atoms with Gasteiger partial charge < -0.3 is 21.3 Å². The van der Waals surface area contributed by atoms with Crippen molar-refractivity contribution in [2.75, 3.05) is 5.32 Å². The van der Waals surface area contributed by atoms with Crippen LogP contribution in [0.2, 0.25) is 0 Å². The third-order valence-electron chi connectivity index (χ3n) is 2.64. The molecule has 0 heterocycles. The van der Waals surface area contributed by atoms with Crippen molar-refractivity contribution in [3.8, 4) is 11.5 Å². The van der Waals surface area contributed by atoms with Crippen molar-refractivity contribution in [2.24, 2.45) is 5.73 Å². The Labute approximate surface area is 114 Å². The molecular weight excluding hydrogens is 260 g/mol. The maximum absolute atomic E-state index is 11.9. The van der Waals surface area contributed by atoms with Crippen LogP contribution >= 0.6 is 0 Å². The molecule has 0 unspecified atom stereocenters. The van der Waals surface area contributed by atoms with Crippen LogP contribution in [0.3, 0.4) is 0 Å². The smallest absolute Gasteiger partial charge is 0.255 e. The molecule has 0 aliphatic rings. The highest BCUT2D eigenvalue weighted by atomic mass is 16.3. The lowest BCUT2D eigenvalue weighted by Crippen LogP contribution is -2.14. The first-order chi connectivity index (χ1) is 9.47. The van der Waals surface area contributed by atoms with Crippen LogP contribution < -0.4 is 11.1 Å². The highest BCUT2D eigenvalue weighted by molar-refractivity contribution is 6.05. The van der Waals surface area contributed by atoms with Gasteiger partial charge in [0.1, 0.15) is 0 Å². The maximum atomic E-state index is 11.9. The molecule has 0 radical (unpaired) electrons. The number of primary amides is 1. The number of carbonyl (C=O) groups is 2. The Kier molecular flexibility index (Phi) is 3.56. The van der Waals surface area contributed by atoms with E-state index in [0.29, 0.717) is 5.69 Å². The fraction of sp³-hybridized carbons (Fsp3) is 0. The zero-order chi connectivity index (χ0) is 14.7. The van der Waals surface area contributed by atoms with E-state index in [2.05, 4.69) is 5.32 Å². The first kappa shape index (κ1) is 13.4. The zero-order valence-electron chi connectivity index (χ0n) is 10.3. The molecule has 2 aromatic rings. The summed E-state index contributed by atoms with van der Waals surface area (Å²) in [5.41, 5.74) is 6.00. The molecule has 20 heavy (non-hydrogen) atoms. The van der Waals surface area contributed by atoms with Crippen molar-refractivity contribution in [3.05, 3.63) is 53.6 Å². The summed E-state index contributed by atoms with van der Waals surface area (Å²) in [6.07, 6.45) is 0. The normalized spacial score (nSPS) is 10.0. The van der Waals surface area contributed by atoms with E-state index in [1.165, 1.54) is 24.3 Å². The minimum absolute atomic E-state index is 0.171. The van der Waals surface area contributed by atoms with Crippen molar-refractivity contribution in [2.45, 2.75) is 0 Å². The van der Waals surface area contributed by atoms with Gasteiger partial charge in [0.2, 0.25) is 5.91 Å². The lowest BCUT2D eigenvalue weighted by atomic mass is 10.1. The number of phenols is 2. The van der Waals surface area contributed by atoms with Gasteiger partial charge in [-0.2, -0.15) is 0 Å². The van der Waals surface area contributed by atoms with Crippen molar-refractivity contribution in [1.29, 1.82) is 0 Å². The van der Waals surface area contributed by atoms with Crippen molar-refractivity contribution >= 4 is 17.5 Å². The molecule has 0 aromatic heterocycles. The van der Waals surface area contributed by atoms with E-state index in [4.69, 9.17) is 5.73 Å². The topological polar surface area (TPSA) is 113 Å². The van der Waals surface area contributed by atoms with Crippen LogP contribution in [0, 0.1) is 0 Å². The number of amides is 2. The molecule has 0 bridgehead atoms. The average Bonchev–Trinajstić information content (AvgIpc) is 2.42. The van der Waals surface area contributed by atoms with Crippen molar-refractivity contribution < 1.29 is 19.8 Å². The molecule has 5 N–H and O–H groups in total. The predicted octanol–water partition coefficient (Wildman–Crippen LogP) is 1.45. The summed E-state index contributed by atoms with van der Waals surface area (Å²) >= 11 is 0. The van der Waals surface area contributed by atoms with E-state index in [9.17, 15) is 19.8 Å². The van der Waals surface area contributed by atoms with E-state index < -0.39 is 11.8 Å². The van der Waals surface area contributed by atoms with Crippen LogP contribution in [-0.2, 0) is 0 Å². The molecule has 0 fully saturated rings. The quantitative estimate of drug-likeness (QED) is 0.633. The summed E-state index contributed by atoms with van der Waals surface area (Å²) in [6, 6.07) is 9.88. The van der Waals surface area contributed by atoms with Gasteiger partial charge in [-0.3, -0.25) is 9.59 Å². The van der Waals surface area contributed by atoms with Gasteiger partial charge in [0.25, 0.3) is 5.91 Å². The van der Waals surface area contributed by atoms with E-state index in [-0.39, 0.29) is 22.6 Å². The Hall–Kier alpha value is -3.02. The van der Waals surface area contributed by atoms with Gasteiger partial charge in [-0.1, -0.05) is 6.07 Å². The SMILES string of the molecule is NC(=O)c1cccc(NC(=O)c2ccc(O)c(O)c2)c1. The molecule has 2 rings (SSSR count). The number of anilines is 1. The molecule has 2 amide bonds. The minimum Gasteiger partial charge on any atom is -0.504 e. The highest BCUT2D eigenvalue weighted by Crippen LogP contribution is 2.25. The zero-order valence-corrected chi connectivity index (χ0v) is 10.3. The summed E-state index contributed by atoms with van der Waals surface area (Å²) in [6.45, 7) is 0. The summed E-state index contributed by atoms with van der Waals surface area (Å²) in [5.74, 6) is -1.77. The summed E-state index contributed by atoms with van der Waals surface area (Å²) in [5, 5.41) is 21.1. The lowest BCUT2D eigenvalue weighted by Gasteiger charge is -2.07. The summed E-state index contributed by atoms with van der Waals surface area (Å²) in [7, 11) is 0. The van der Waals surface area contributed by atoms with E-state index in [1.807, 2.05) is 0 Å². The summed E-state index contributed by atoms with van der Waals surface area (Å²) < 4.78 is 0. The second-order valence-electron chi connectivity index (χ2n) is 4.10. The van der Waals surface area contributed by atoms with Crippen LogP contribution in [0.1, 0.15) is 20.7 Å². The Morgan fingerprint density at radius 1 is 0.950 bits per heavy atom. The average molecular weight is 272 g/mol. The molecular formula is C14H12N2O4. The molecule has 2 aromatic carbocycles. The highest BCUT2D eigenvalue weighted by Gasteiger charge is 2.10. The standard InChI is InChI=1S/C14H12N2O4/c15-13(19)8-2-1-3-10(6-8)16-14(20)9-4-5-11(17)12(18)7-9/h1-7,17-18H,(H2,15,19)(H,16,20). The first-order valence-corrected chi connectivity index (χ1v) is 5.70. The number of hydrogen-bond acceptors (Lipinski definition) is 4. The third-order valence-corrected chi connectivity index (χ3v) is 2.64. The molecule has 0 atom stereocenters. The molecule has 102 valence electrons. The van der Waals surface area contributed by atoms with Gasteiger partial charge in [0.15, 0.2) is 11.5 Å². The first-order valence-electron chi connectivity index (χ1n) is 5.70. The second-order valence-corrected chi connectivity index (χ2v) is 4.10. The summed E-state index contributed by atoms with van der Waals surface area (Å²) in [4.78, 5) is 23.0. The molecule has 6 nitrogen and oxygen atoms in total. The Morgan fingerprint density at radius 3 is 2.35 bits per heavy atom. The number of hydrogen-bond donors (Lipinski definition) is 4. The number of phenolic OH excluding ortho intramolecular Hbond substituents is 2. The van der Waals surface area contributed by atoms with E-state index in [1.54, 1.807) is 12.1 Å². The lowest BCUT2D eigenvalue weighted by molar-refractivity contribution is 0.0996. The monoisotopic (exact) mass is 272 g/mol. The van der Waals surface area contributed by atoms with Gasteiger partial charge in [-0.05, 0) is 36.4 Å². The fourth-order valence-corrected chi connectivity index (χ4v) is 1.62. The molecule has 6 heteroatoms. The Morgan fingerprint density at radius 2 is 1.70 bits per heavy atom. The predicted molar refractivity (Wildman–Crippen MR) is 72.7 cm³/mol. The number of aromatic hydroxyl groups is 2. The number of benzene rings is 2. The maximum Gasteiger partial charge on any atom is 0.255 e. The number of nitrogens with two attached hydrogens (primary N) is 1. The molecule has 0 aliphatic heterocycles. The minimum atomic E-state index is -0.594. The number of carbonyl (C=O) groups excluding carboxylic acids is 2. The molecule has 0 spiro atoms. The van der Waals surface area contributed by atoms with Crippen LogP contribution in [0.4, 0.5) is 5.69 Å².